The first-order chi connectivity index (χ1) is 17.0. The number of ether oxygens (including phenoxy) is 1. The Hall–Kier alpha value is -3.84. The van der Waals surface area contributed by atoms with E-state index in [1.807, 2.05) is 36.4 Å². The molecule has 4 rings (SSSR count). The Kier molecular flexibility index (Phi) is 8.00. The number of benzene rings is 3. The van der Waals surface area contributed by atoms with Gasteiger partial charge < -0.3 is 25.6 Å². The van der Waals surface area contributed by atoms with Crippen molar-refractivity contribution < 1.29 is 24.5 Å². The molecule has 1 aliphatic rings. The Morgan fingerprint density at radius 1 is 0.886 bits per heavy atom. The van der Waals surface area contributed by atoms with E-state index < -0.39 is 18.7 Å². The zero-order chi connectivity index (χ0) is 24.6. The average Bonchev–Trinajstić information content (AvgIpc) is 2.87. The van der Waals surface area contributed by atoms with E-state index in [-0.39, 0.29) is 18.0 Å². The van der Waals surface area contributed by atoms with Gasteiger partial charge in [0.05, 0.1) is 18.2 Å². The summed E-state index contributed by atoms with van der Waals surface area (Å²) in [5.74, 6) is -0.979. The van der Waals surface area contributed by atoms with E-state index in [1.54, 1.807) is 24.3 Å². The first-order valence-electron chi connectivity index (χ1n) is 11.8. The fraction of sp³-hybridized carbons (Fsp3) is 0.286. The van der Waals surface area contributed by atoms with Crippen molar-refractivity contribution in [3.8, 4) is 5.75 Å². The topological polar surface area (TPSA) is 108 Å². The number of aliphatic carboxylic acids is 1. The van der Waals surface area contributed by atoms with Gasteiger partial charge >= 0.3 is 5.97 Å². The summed E-state index contributed by atoms with van der Waals surface area (Å²) < 4.78 is 5.11. The van der Waals surface area contributed by atoms with E-state index in [2.05, 4.69) is 28.8 Å². The van der Waals surface area contributed by atoms with Gasteiger partial charge in [0.2, 0.25) is 0 Å². The second-order valence-corrected chi connectivity index (χ2v) is 8.78. The first-order valence-corrected chi connectivity index (χ1v) is 11.8. The summed E-state index contributed by atoms with van der Waals surface area (Å²) in [6, 6.07) is 24.1. The molecular formula is C28H30N2O5. The number of para-hydroxylation sites is 1. The predicted molar refractivity (Wildman–Crippen MR) is 134 cm³/mol. The highest BCUT2D eigenvalue weighted by Crippen LogP contribution is 2.26. The lowest BCUT2D eigenvalue weighted by atomic mass is 9.87. The number of anilines is 1. The monoisotopic (exact) mass is 474 g/mol. The van der Waals surface area contributed by atoms with Gasteiger partial charge in [-0.1, -0.05) is 48.5 Å². The minimum Gasteiger partial charge on any atom is -0.482 e. The highest BCUT2D eigenvalue weighted by atomic mass is 16.5. The van der Waals surface area contributed by atoms with Crippen LogP contribution in [0.15, 0.2) is 78.9 Å². The molecule has 7 heteroatoms. The third-order valence-corrected chi connectivity index (χ3v) is 6.25. The Labute approximate surface area is 204 Å². The number of aliphatic hydroxyl groups excluding tert-OH is 1. The van der Waals surface area contributed by atoms with Gasteiger partial charge in [-0.15, -0.1) is 0 Å². The standard InChI is InChI=1S/C28H30N2O5/c31-26(32)18-35-22-15-13-20(14-16-22)28(34)30-25-12-6-11-24(27(25)33)29-23-10-5-4-9-21(23)17-19-7-2-1-3-8-19/h1-5,7-10,13-16,24-25,27,29,33H,6,11-12,17-18H2,(H,30,34)(H,31,32)/t24-,25-,27+/m1/s1. The van der Waals surface area contributed by atoms with Gasteiger partial charge in [-0.3, -0.25) is 4.79 Å². The Morgan fingerprint density at radius 3 is 2.31 bits per heavy atom. The van der Waals surface area contributed by atoms with Crippen LogP contribution in [0.5, 0.6) is 5.75 Å². The molecule has 0 spiro atoms. The van der Waals surface area contributed by atoms with Crippen molar-refractivity contribution in [1.29, 1.82) is 0 Å². The minimum absolute atomic E-state index is 0.183. The van der Waals surface area contributed by atoms with Crippen LogP contribution < -0.4 is 15.4 Å². The summed E-state index contributed by atoms with van der Waals surface area (Å²) in [6.07, 6.45) is 2.43. The summed E-state index contributed by atoms with van der Waals surface area (Å²) in [5.41, 5.74) is 3.78. The van der Waals surface area contributed by atoms with Crippen LogP contribution in [0.25, 0.3) is 0 Å². The van der Waals surface area contributed by atoms with Gasteiger partial charge in [-0.05, 0) is 67.1 Å². The molecule has 182 valence electrons. The van der Waals surface area contributed by atoms with Crippen molar-refractivity contribution in [3.63, 3.8) is 0 Å². The zero-order valence-electron chi connectivity index (χ0n) is 19.4. The largest absolute Gasteiger partial charge is 0.482 e. The van der Waals surface area contributed by atoms with E-state index in [0.717, 1.165) is 30.5 Å². The van der Waals surface area contributed by atoms with Crippen molar-refractivity contribution in [3.05, 3.63) is 95.6 Å². The molecule has 0 heterocycles. The SMILES string of the molecule is O=C(O)COc1ccc(C(=O)N[C@@H]2CCC[C@@H](Nc3ccccc3Cc3ccccc3)[C@@H]2O)cc1. The number of carboxylic acids is 1. The third kappa shape index (κ3) is 6.61. The van der Waals surface area contributed by atoms with Crippen molar-refractivity contribution in [1.82, 2.24) is 5.32 Å². The normalized spacial score (nSPS) is 19.5. The highest BCUT2D eigenvalue weighted by Gasteiger charge is 2.33. The van der Waals surface area contributed by atoms with Gasteiger partial charge in [-0.2, -0.15) is 0 Å². The lowest BCUT2D eigenvalue weighted by molar-refractivity contribution is -0.139. The van der Waals surface area contributed by atoms with Gasteiger partial charge in [0.15, 0.2) is 6.61 Å². The fourth-order valence-corrected chi connectivity index (χ4v) is 4.42. The van der Waals surface area contributed by atoms with E-state index in [4.69, 9.17) is 9.84 Å². The molecule has 0 bridgehead atoms. The van der Waals surface area contributed by atoms with Gasteiger partial charge in [0.25, 0.3) is 5.91 Å². The summed E-state index contributed by atoms with van der Waals surface area (Å²) in [5, 5.41) is 26.3. The van der Waals surface area contributed by atoms with E-state index in [9.17, 15) is 14.7 Å². The second-order valence-electron chi connectivity index (χ2n) is 8.78. The minimum atomic E-state index is -1.07. The third-order valence-electron chi connectivity index (χ3n) is 6.25. The number of carbonyl (C=O) groups is 2. The molecule has 1 fully saturated rings. The van der Waals surface area contributed by atoms with Crippen LogP contribution in [-0.2, 0) is 11.2 Å². The number of hydrogen-bond donors (Lipinski definition) is 4. The number of carbonyl (C=O) groups excluding carboxylic acids is 1. The molecule has 0 unspecified atom stereocenters. The molecule has 3 aromatic rings. The van der Waals surface area contributed by atoms with Gasteiger partial charge in [-0.25, -0.2) is 4.79 Å². The zero-order valence-corrected chi connectivity index (χ0v) is 19.4. The number of rotatable bonds is 9. The van der Waals surface area contributed by atoms with Crippen molar-refractivity contribution in [2.24, 2.45) is 0 Å². The smallest absolute Gasteiger partial charge is 0.341 e. The fourth-order valence-electron chi connectivity index (χ4n) is 4.42. The molecule has 35 heavy (non-hydrogen) atoms. The molecule has 0 aliphatic heterocycles. The van der Waals surface area contributed by atoms with E-state index in [0.29, 0.717) is 17.7 Å². The maximum Gasteiger partial charge on any atom is 0.341 e. The summed E-state index contributed by atoms with van der Waals surface area (Å²) in [6.45, 7) is -0.442. The van der Waals surface area contributed by atoms with Crippen LogP contribution in [0.1, 0.15) is 40.7 Å². The van der Waals surface area contributed by atoms with Gasteiger partial charge in [0, 0.05) is 11.3 Å². The quantitative estimate of drug-likeness (QED) is 0.375. The Balaban J connectivity index is 1.38. The van der Waals surface area contributed by atoms with Crippen LogP contribution in [0.3, 0.4) is 0 Å². The Morgan fingerprint density at radius 2 is 1.57 bits per heavy atom. The lowest BCUT2D eigenvalue weighted by Gasteiger charge is -2.36. The van der Waals surface area contributed by atoms with Crippen molar-refractivity contribution in [2.75, 3.05) is 11.9 Å². The average molecular weight is 475 g/mol. The molecule has 1 aliphatic carbocycles. The van der Waals surface area contributed by atoms with Crippen LogP contribution in [0.4, 0.5) is 5.69 Å². The molecule has 3 atom stereocenters. The molecule has 0 radical (unpaired) electrons. The molecule has 0 saturated heterocycles. The number of carboxylic acid groups (broad SMARTS) is 1. The summed E-state index contributed by atoms with van der Waals surface area (Å²) in [4.78, 5) is 23.4. The van der Waals surface area contributed by atoms with Crippen LogP contribution in [-0.4, -0.2) is 46.9 Å². The number of amides is 1. The van der Waals surface area contributed by atoms with E-state index in [1.165, 1.54) is 5.56 Å². The van der Waals surface area contributed by atoms with Crippen molar-refractivity contribution in [2.45, 2.75) is 43.9 Å². The molecular weight excluding hydrogens is 444 g/mol. The summed E-state index contributed by atoms with van der Waals surface area (Å²) >= 11 is 0. The van der Waals surface area contributed by atoms with E-state index >= 15 is 0 Å². The molecule has 1 saturated carbocycles. The Bertz CT molecular complexity index is 1130. The second kappa shape index (κ2) is 11.5. The summed E-state index contributed by atoms with van der Waals surface area (Å²) in [7, 11) is 0. The number of nitrogens with one attached hydrogen (secondary N) is 2. The van der Waals surface area contributed by atoms with Gasteiger partial charge in [0.1, 0.15) is 5.75 Å². The first kappa shape index (κ1) is 24.3. The van der Waals surface area contributed by atoms with Crippen molar-refractivity contribution >= 4 is 17.6 Å². The maximum atomic E-state index is 12.8. The molecule has 1 amide bonds. The molecule has 0 aromatic heterocycles. The highest BCUT2D eigenvalue weighted by molar-refractivity contribution is 5.94. The lowest BCUT2D eigenvalue weighted by Crippen LogP contribution is -2.53. The molecule has 7 nitrogen and oxygen atoms in total. The number of aliphatic hydroxyl groups is 1. The molecule has 3 aromatic carbocycles. The number of hydrogen-bond acceptors (Lipinski definition) is 5. The predicted octanol–water partition coefficient (Wildman–Crippen LogP) is 3.86. The molecule has 4 N–H and O–H groups in total. The van der Waals surface area contributed by atoms with Crippen LogP contribution in [0, 0.1) is 0 Å². The van der Waals surface area contributed by atoms with Crippen LogP contribution in [0.2, 0.25) is 0 Å². The maximum absolute atomic E-state index is 12.8. The van der Waals surface area contributed by atoms with Crippen LogP contribution >= 0.6 is 0 Å².